The normalized spacial score (nSPS) is 11.1. The second-order valence-corrected chi connectivity index (χ2v) is 3.36. The van der Waals surface area contributed by atoms with Gasteiger partial charge in [0.1, 0.15) is 0 Å². The molecular weight excluding hydrogens is 222 g/mol. The van der Waals surface area contributed by atoms with E-state index in [-0.39, 0.29) is 6.42 Å². The first-order valence-electron chi connectivity index (χ1n) is 4.83. The Hall–Kier alpha value is -1.80. The predicted molar refractivity (Wildman–Crippen MR) is 52.5 cm³/mol. The Labute approximate surface area is 90.9 Å². The molecule has 0 heterocycles. The van der Waals surface area contributed by atoms with Crippen molar-refractivity contribution in [2.24, 2.45) is 0 Å². The lowest BCUT2D eigenvalue weighted by Gasteiger charge is -2.08. The van der Waals surface area contributed by atoms with E-state index in [9.17, 15) is 30.3 Å². The lowest BCUT2D eigenvalue weighted by Crippen LogP contribution is -2.53. The van der Waals surface area contributed by atoms with Gasteiger partial charge in [0.25, 0.3) is 0 Å². The van der Waals surface area contributed by atoms with E-state index in [0.29, 0.717) is 6.42 Å². The van der Waals surface area contributed by atoms with Crippen LogP contribution in [0.25, 0.3) is 0 Å². The van der Waals surface area contributed by atoms with E-state index in [1.165, 1.54) is 0 Å². The summed E-state index contributed by atoms with van der Waals surface area (Å²) in [5.74, 6) is -3.28. The van der Waals surface area contributed by atoms with Gasteiger partial charge in [0.2, 0.25) is 0 Å². The number of nitro groups is 3. The van der Waals surface area contributed by atoms with Crippen LogP contribution in [0.15, 0.2) is 0 Å². The molecule has 0 aliphatic carbocycles. The predicted octanol–water partition coefficient (Wildman–Crippen LogP) is 1.44. The first-order valence-corrected chi connectivity index (χ1v) is 4.83. The summed E-state index contributed by atoms with van der Waals surface area (Å²) in [6.07, 6.45) is 1.50. The maximum absolute atomic E-state index is 10.5. The maximum Gasteiger partial charge on any atom is 0.699 e. The van der Waals surface area contributed by atoms with Gasteiger partial charge in [-0.3, -0.25) is 30.3 Å². The van der Waals surface area contributed by atoms with E-state index in [2.05, 4.69) is 0 Å². The highest BCUT2D eigenvalue weighted by Gasteiger charge is 2.69. The van der Waals surface area contributed by atoms with Crippen LogP contribution in [0.4, 0.5) is 0 Å². The molecule has 0 radical (unpaired) electrons. The van der Waals surface area contributed by atoms with E-state index in [1.54, 1.807) is 0 Å². The molecule has 0 unspecified atom stereocenters. The summed E-state index contributed by atoms with van der Waals surface area (Å²) in [6, 6.07) is 0. The van der Waals surface area contributed by atoms with Crippen molar-refractivity contribution >= 4 is 0 Å². The van der Waals surface area contributed by atoms with Gasteiger partial charge in [-0.1, -0.05) is 26.2 Å². The third-order valence-corrected chi connectivity index (χ3v) is 2.24. The van der Waals surface area contributed by atoms with Gasteiger partial charge in [-0.15, -0.1) is 0 Å². The van der Waals surface area contributed by atoms with E-state index < -0.39 is 27.0 Å². The number of nitrogens with zero attached hydrogens (tertiary/aromatic N) is 3. The van der Waals surface area contributed by atoms with Crippen molar-refractivity contribution in [1.29, 1.82) is 0 Å². The highest BCUT2D eigenvalue weighted by atomic mass is 16.7. The smallest absolute Gasteiger partial charge is 0.253 e. The Morgan fingerprint density at radius 1 is 0.875 bits per heavy atom. The van der Waals surface area contributed by atoms with E-state index in [1.807, 2.05) is 6.92 Å². The van der Waals surface area contributed by atoms with Gasteiger partial charge < -0.3 is 0 Å². The van der Waals surface area contributed by atoms with Gasteiger partial charge in [0.05, 0.1) is 0 Å². The second-order valence-electron chi connectivity index (χ2n) is 3.36. The standard InChI is InChI=1S/C7H13N3O6/c1-2-3-4-5-6-7(8(11)12,9(13)14)10(15)16/h2-6H2,1H3. The molecule has 0 amide bonds. The Morgan fingerprint density at radius 3 is 1.62 bits per heavy atom. The molecule has 9 nitrogen and oxygen atoms in total. The van der Waals surface area contributed by atoms with Gasteiger partial charge >= 0.3 is 5.79 Å². The molecular formula is C7H13N3O6. The van der Waals surface area contributed by atoms with Gasteiger partial charge in [0.15, 0.2) is 21.2 Å². The van der Waals surface area contributed by atoms with Crippen LogP contribution < -0.4 is 0 Å². The summed E-state index contributed by atoms with van der Waals surface area (Å²) in [4.78, 5) is 27.2. The average Bonchev–Trinajstić information content (AvgIpc) is 2.16. The van der Waals surface area contributed by atoms with Gasteiger partial charge in [-0.05, 0) is 6.42 Å². The van der Waals surface area contributed by atoms with Crippen molar-refractivity contribution in [3.05, 3.63) is 30.3 Å². The number of unbranched alkanes of at least 4 members (excludes halogenated alkanes) is 3. The minimum absolute atomic E-state index is 0.0940. The van der Waals surface area contributed by atoms with Gasteiger partial charge in [0, 0.05) is 0 Å². The minimum Gasteiger partial charge on any atom is -0.253 e. The zero-order valence-corrected chi connectivity index (χ0v) is 8.83. The SMILES string of the molecule is CCCCCCC([N+](=O)[O-])([N+](=O)[O-])[N+](=O)[O-]. The summed E-state index contributed by atoms with van der Waals surface area (Å²) in [6.45, 7) is 1.89. The molecule has 0 aliphatic heterocycles. The van der Waals surface area contributed by atoms with Crippen molar-refractivity contribution in [2.45, 2.75) is 44.8 Å². The van der Waals surface area contributed by atoms with Gasteiger partial charge in [-0.2, -0.15) is 0 Å². The molecule has 0 bridgehead atoms. The Balaban J connectivity index is 4.72. The molecule has 0 aliphatic rings. The van der Waals surface area contributed by atoms with Crippen LogP contribution in [0.5, 0.6) is 0 Å². The largest absolute Gasteiger partial charge is 0.699 e. The molecule has 0 aromatic rings. The molecule has 0 rings (SSSR count). The monoisotopic (exact) mass is 235 g/mol. The quantitative estimate of drug-likeness (QED) is 0.271. The molecule has 0 atom stereocenters. The molecule has 92 valence electrons. The summed E-state index contributed by atoms with van der Waals surface area (Å²) in [7, 11) is 0. The first-order chi connectivity index (χ1) is 7.39. The third-order valence-electron chi connectivity index (χ3n) is 2.24. The highest BCUT2D eigenvalue weighted by Crippen LogP contribution is 2.21. The van der Waals surface area contributed by atoms with Crippen LogP contribution in [-0.4, -0.2) is 20.6 Å². The Kier molecular flexibility index (Phi) is 5.26. The lowest BCUT2D eigenvalue weighted by molar-refractivity contribution is -0.970. The molecule has 0 aromatic carbocycles. The summed E-state index contributed by atoms with van der Waals surface area (Å²) in [5.41, 5.74) is 0. The second kappa shape index (κ2) is 5.93. The Bertz CT molecular complexity index is 256. The number of hydrogen-bond acceptors (Lipinski definition) is 6. The van der Waals surface area contributed by atoms with Crippen LogP contribution in [-0.2, 0) is 0 Å². The fourth-order valence-electron chi connectivity index (χ4n) is 1.26. The van der Waals surface area contributed by atoms with Crippen LogP contribution in [0.3, 0.4) is 0 Å². The topological polar surface area (TPSA) is 129 Å². The molecule has 0 aromatic heterocycles. The minimum atomic E-state index is -3.28. The Morgan fingerprint density at radius 2 is 1.31 bits per heavy atom. The zero-order chi connectivity index (χ0) is 12.8. The van der Waals surface area contributed by atoms with Crippen molar-refractivity contribution in [1.82, 2.24) is 0 Å². The average molecular weight is 235 g/mol. The van der Waals surface area contributed by atoms with Gasteiger partial charge in [-0.25, -0.2) is 0 Å². The number of rotatable bonds is 8. The highest BCUT2D eigenvalue weighted by molar-refractivity contribution is 4.54. The van der Waals surface area contributed by atoms with Crippen molar-refractivity contribution in [3.63, 3.8) is 0 Å². The maximum atomic E-state index is 10.5. The third kappa shape index (κ3) is 2.84. The first kappa shape index (κ1) is 14.2. The molecule has 0 fully saturated rings. The van der Waals surface area contributed by atoms with Crippen LogP contribution in [0.2, 0.25) is 0 Å². The van der Waals surface area contributed by atoms with Crippen molar-refractivity contribution in [2.75, 3.05) is 0 Å². The van der Waals surface area contributed by atoms with E-state index in [4.69, 9.17) is 0 Å². The summed E-state index contributed by atoms with van der Waals surface area (Å²) >= 11 is 0. The van der Waals surface area contributed by atoms with Crippen LogP contribution in [0, 0.1) is 30.3 Å². The molecule has 9 heteroatoms. The van der Waals surface area contributed by atoms with Crippen molar-refractivity contribution in [3.8, 4) is 0 Å². The molecule has 0 spiro atoms. The fraction of sp³-hybridized carbons (Fsp3) is 1.00. The van der Waals surface area contributed by atoms with E-state index >= 15 is 0 Å². The molecule has 0 N–H and O–H groups in total. The van der Waals surface area contributed by atoms with E-state index in [0.717, 1.165) is 12.8 Å². The summed E-state index contributed by atoms with van der Waals surface area (Å²) in [5, 5.41) is 31.5. The fourth-order valence-corrected chi connectivity index (χ4v) is 1.26. The lowest BCUT2D eigenvalue weighted by atomic mass is 10.1. The number of hydrogen-bond donors (Lipinski definition) is 0. The molecule has 16 heavy (non-hydrogen) atoms. The van der Waals surface area contributed by atoms with Crippen LogP contribution in [0.1, 0.15) is 39.0 Å². The molecule has 0 saturated carbocycles. The summed E-state index contributed by atoms with van der Waals surface area (Å²) < 4.78 is 0. The van der Waals surface area contributed by atoms with Crippen molar-refractivity contribution < 1.29 is 14.8 Å². The molecule has 0 saturated heterocycles. The van der Waals surface area contributed by atoms with Crippen LogP contribution >= 0.6 is 0 Å². The zero-order valence-electron chi connectivity index (χ0n) is 8.83.